The zero-order chi connectivity index (χ0) is 14.3. The second-order valence-corrected chi connectivity index (χ2v) is 6.04. The molecule has 0 aliphatic carbocycles. The fourth-order valence-electron chi connectivity index (χ4n) is 2.69. The van der Waals surface area contributed by atoms with E-state index in [2.05, 4.69) is 45.2 Å². The minimum absolute atomic E-state index is 0.628. The van der Waals surface area contributed by atoms with Crippen molar-refractivity contribution in [1.29, 1.82) is 0 Å². The number of hydrogen-bond acceptors (Lipinski definition) is 1. The van der Waals surface area contributed by atoms with Gasteiger partial charge in [-0.05, 0) is 63.3 Å². The van der Waals surface area contributed by atoms with Gasteiger partial charge >= 0.3 is 0 Å². The van der Waals surface area contributed by atoms with Crippen LogP contribution in [0.2, 0.25) is 0 Å². The highest BCUT2D eigenvalue weighted by atomic mass is 15.1. The van der Waals surface area contributed by atoms with Gasteiger partial charge in [0.25, 0.3) is 0 Å². The van der Waals surface area contributed by atoms with Gasteiger partial charge in [-0.2, -0.15) is 0 Å². The number of rotatable bonds is 6. The summed E-state index contributed by atoms with van der Waals surface area (Å²) in [5, 5.41) is 0. The molecule has 0 atom stereocenters. The second-order valence-electron chi connectivity index (χ2n) is 6.04. The molecule has 19 heavy (non-hydrogen) atoms. The van der Waals surface area contributed by atoms with Crippen LogP contribution in [-0.2, 0) is 0 Å². The highest BCUT2D eigenvalue weighted by Gasteiger charge is 2.12. The van der Waals surface area contributed by atoms with Crippen LogP contribution in [0, 0.1) is 5.92 Å². The molecule has 1 rings (SSSR count). The number of nitrogens with zero attached hydrogens (tertiary/aromatic N) is 1. The van der Waals surface area contributed by atoms with Gasteiger partial charge < -0.3 is 4.90 Å². The van der Waals surface area contributed by atoms with E-state index in [1.807, 2.05) is 6.08 Å². The van der Waals surface area contributed by atoms with Crippen LogP contribution in [0.25, 0.3) is 0 Å². The maximum absolute atomic E-state index is 3.87. The number of likely N-dealkylation sites (tertiary alicyclic amines) is 1. The van der Waals surface area contributed by atoms with E-state index in [1.165, 1.54) is 55.6 Å². The number of hydrogen-bond donors (Lipinski definition) is 0. The molecule has 1 aliphatic heterocycles. The minimum Gasteiger partial charge on any atom is -0.303 e. The van der Waals surface area contributed by atoms with Crippen LogP contribution < -0.4 is 0 Å². The van der Waals surface area contributed by atoms with Gasteiger partial charge in [0.05, 0.1) is 0 Å². The predicted molar refractivity (Wildman–Crippen MR) is 86.4 cm³/mol. The van der Waals surface area contributed by atoms with Crippen LogP contribution >= 0.6 is 0 Å². The standard InChI is InChI=1S/C18H31N/c1-6-10-18(17(5)16(4)15(2)3)11-14-19-12-8-7-9-13-19/h6,10,15H,1,7-9,11-14H2,2-5H3/b17-16+,18-10-. The molecule has 1 nitrogen and oxygen atoms in total. The molecule has 1 fully saturated rings. The Morgan fingerprint density at radius 2 is 1.79 bits per heavy atom. The summed E-state index contributed by atoms with van der Waals surface area (Å²) in [6.45, 7) is 16.7. The van der Waals surface area contributed by atoms with Gasteiger partial charge in [-0.25, -0.2) is 0 Å². The van der Waals surface area contributed by atoms with Crippen LogP contribution in [0.4, 0.5) is 0 Å². The Bertz CT molecular complexity index is 341. The molecule has 1 heteroatoms. The van der Waals surface area contributed by atoms with Gasteiger partial charge in [0.2, 0.25) is 0 Å². The lowest BCUT2D eigenvalue weighted by Gasteiger charge is -2.27. The predicted octanol–water partition coefficient (Wildman–Crippen LogP) is 4.97. The summed E-state index contributed by atoms with van der Waals surface area (Å²) < 4.78 is 0. The van der Waals surface area contributed by atoms with Crippen molar-refractivity contribution >= 4 is 0 Å². The lowest BCUT2D eigenvalue weighted by Crippen LogP contribution is -2.30. The maximum atomic E-state index is 3.87. The molecule has 0 aromatic carbocycles. The molecule has 0 amide bonds. The van der Waals surface area contributed by atoms with E-state index in [1.54, 1.807) is 0 Å². The Hall–Kier alpha value is -0.820. The first kappa shape index (κ1) is 16.2. The van der Waals surface area contributed by atoms with E-state index >= 15 is 0 Å². The molecule has 0 saturated carbocycles. The molecule has 0 radical (unpaired) electrons. The van der Waals surface area contributed by atoms with Gasteiger partial charge in [0, 0.05) is 6.54 Å². The van der Waals surface area contributed by atoms with Gasteiger partial charge in [-0.3, -0.25) is 0 Å². The summed E-state index contributed by atoms with van der Waals surface area (Å²) in [6.07, 6.45) is 9.45. The summed E-state index contributed by atoms with van der Waals surface area (Å²) >= 11 is 0. The van der Waals surface area contributed by atoms with Crippen molar-refractivity contribution in [2.75, 3.05) is 19.6 Å². The third-order valence-corrected chi connectivity index (χ3v) is 4.40. The Kier molecular flexibility index (Phi) is 7.15. The van der Waals surface area contributed by atoms with Crippen molar-refractivity contribution in [2.45, 2.75) is 53.4 Å². The topological polar surface area (TPSA) is 3.24 Å². The fourth-order valence-corrected chi connectivity index (χ4v) is 2.69. The lowest BCUT2D eigenvalue weighted by atomic mass is 9.93. The Morgan fingerprint density at radius 3 is 2.32 bits per heavy atom. The molecule has 0 aromatic rings. The van der Waals surface area contributed by atoms with E-state index in [0.717, 1.165) is 6.42 Å². The van der Waals surface area contributed by atoms with Crippen molar-refractivity contribution in [3.05, 3.63) is 35.5 Å². The Balaban J connectivity index is 2.65. The highest BCUT2D eigenvalue weighted by Crippen LogP contribution is 2.23. The molecule has 0 bridgehead atoms. The van der Waals surface area contributed by atoms with Gasteiger partial charge in [0.1, 0.15) is 0 Å². The zero-order valence-corrected chi connectivity index (χ0v) is 13.3. The molecule has 1 heterocycles. The Labute approximate surface area is 120 Å². The van der Waals surface area contributed by atoms with Crippen molar-refractivity contribution in [3.63, 3.8) is 0 Å². The van der Waals surface area contributed by atoms with E-state index in [-0.39, 0.29) is 0 Å². The second kappa shape index (κ2) is 8.37. The third-order valence-electron chi connectivity index (χ3n) is 4.40. The maximum Gasteiger partial charge on any atom is 0.00219 e. The van der Waals surface area contributed by atoms with Crippen molar-refractivity contribution in [2.24, 2.45) is 5.92 Å². The van der Waals surface area contributed by atoms with Crippen molar-refractivity contribution < 1.29 is 0 Å². The molecule has 0 unspecified atom stereocenters. The molecule has 1 saturated heterocycles. The van der Waals surface area contributed by atoms with Gasteiger partial charge in [-0.1, -0.05) is 44.6 Å². The Morgan fingerprint density at radius 1 is 1.16 bits per heavy atom. The van der Waals surface area contributed by atoms with E-state index < -0.39 is 0 Å². The van der Waals surface area contributed by atoms with E-state index in [9.17, 15) is 0 Å². The minimum atomic E-state index is 0.628. The normalized spacial score (nSPS) is 19.5. The summed E-state index contributed by atoms with van der Waals surface area (Å²) in [5.74, 6) is 0.628. The molecular weight excluding hydrogens is 230 g/mol. The highest BCUT2D eigenvalue weighted by molar-refractivity contribution is 5.35. The average Bonchev–Trinajstić information content (AvgIpc) is 2.42. The fraction of sp³-hybridized carbons (Fsp3) is 0.667. The SMILES string of the molecule is C=C/C=C(CCN1CCCCC1)\C(C)=C(/C)C(C)C. The first-order valence-corrected chi connectivity index (χ1v) is 7.78. The van der Waals surface area contributed by atoms with E-state index in [4.69, 9.17) is 0 Å². The third kappa shape index (κ3) is 5.36. The summed E-state index contributed by atoms with van der Waals surface area (Å²) in [6, 6.07) is 0. The quantitative estimate of drug-likeness (QED) is 0.610. The number of piperidine rings is 1. The molecule has 0 aromatic heterocycles. The van der Waals surface area contributed by atoms with Crippen LogP contribution in [-0.4, -0.2) is 24.5 Å². The molecule has 0 spiro atoms. The average molecular weight is 261 g/mol. The van der Waals surface area contributed by atoms with Crippen molar-refractivity contribution in [3.8, 4) is 0 Å². The first-order chi connectivity index (χ1) is 9.06. The first-order valence-electron chi connectivity index (χ1n) is 7.78. The van der Waals surface area contributed by atoms with E-state index in [0.29, 0.717) is 5.92 Å². The zero-order valence-electron chi connectivity index (χ0n) is 13.3. The summed E-state index contributed by atoms with van der Waals surface area (Å²) in [5.41, 5.74) is 4.44. The monoisotopic (exact) mass is 261 g/mol. The smallest absolute Gasteiger partial charge is 0.00219 e. The molecule has 0 N–H and O–H groups in total. The largest absolute Gasteiger partial charge is 0.303 e. The van der Waals surface area contributed by atoms with Crippen LogP contribution in [0.5, 0.6) is 0 Å². The molecule has 108 valence electrons. The lowest BCUT2D eigenvalue weighted by molar-refractivity contribution is 0.231. The van der Waals surface area contributed by atoms with Gasteiger partial charge in [-0.15, -0.1) is 0 Å². The van der Waals surface area contributed by atoms with Crippen LogP contribution in [0.3, 0.4) is 0 Å². The van der Waals surface area contributed by atoms with Crippen LogP contribution in [0.1, 0.15) is 53.4 Å². The molecular formula is C18H31N. The summed E-state index contributed by atoms with van der Waals surface area (Å²) in [7, 11) is 0. The van der Waals surface area contributed by atoms with Crippen molar-refractivity contribution in [1.82, 2.24) is 4.90 Å². The van der Waals surface area contributed by atoms with Crippen LogP contribution in [0.15, 0.2) is 35.5 Å². The number of allylic oxidation sites excluding steroid dienone is 4. The summed E-state index contributed by atoms with van der Waals surface area (Å²) in [4.78, 5) is 2.61. The molecule has 1 aliphatic rings. The van der Waals surface area contributed by atoms with Gasteiger partial charge in [0.15, 0.2) is 0 Å².